The number of phenolic OH excluding ortho intramolecular Hbond substituents is 1. The molecule has 4 atom stereocenters. The zero-order valence-corrected chi connectivity index (χ0v) is 25.5. The first-order chi connectivity index (χ1) is 21.1. The number of likely N-dealkylation sites (N-methyl/N-ethyl adjacent to an activating group) is 1. The van der Waals surface area contributed by atoms with Crippen LogP contribution in [0.15, 0.2) is 47.2 Å². The maximum Gasteiger partial charge on any atom is 0.412 e. The van der Waals surface area contributed by atoms with E-state index in [2.05, 4.69) is 5.32 Å². The zero-order valence-electron chi connectivity index (χ0n) is 25.5. The number of ketones is 2. The molecule has 0 saturated heterocycles. The van der Waals surface area contributed by atoms with Crippen LogP contribution in [0.4, 0.5) is 10.5 Å². The molecule has 0 radical (unpaired) electrons. The Hall–Kier alpha value is -4.88. The number of primary amides is 1. The third-order valence-electron chi connectivity index (χ3n) is 8.91. The summed E-state index contributed by atoms with van der Waals surface area (Å²) < 4.78 is 5.30. The summed E-state index contributed by atoms with van der Waals surface area (Å²) >= 11 is 0. The van der Waals surface area contributed by atoms with Crippen LogP contribution >= 0.6 is 0 Å². The predicted octanol–water partition coefficient (Wildman–Crippen LogP) is 1.63. The number of nitrogens with one attached hydrogen (secondary N) is 1. The number of carbonyl (C=O) groups excluding carboxylic acids is 4. The molecule has 2 unspecified atom stereocenters. The molecule has 1 fully saturated rings. The maximum atomic E-state index is 14.1. The quantitative estimate of drug-likeness (QED) is 0.256. The van der Waals surface area contributed by atoms with E-state index in [9.17, 15) is 39.6 Å². The molecule has 13 nitrogen and oxygen atoms in total. The molecule has 3 aliphatic carbocycles. The largest absolute Gasteiger partial charge is 0.508 e. The third-order valence-corrected chi connectivity index (χ3v) is 8.91. The number of aliphatic hydroxyl groups excluding tert-OH is 2. The maximum absolute atomic E-state index is 14.1. The standard InChI is InChI=1S/C32H36N4O9/c1-14-6-8-17(9-7-14)45-31(43)34-13-16-12-20(35(2)3)18-10-15-11-19-24(36(4)5)27(39)23(30(33)42)29(41)32(19,44)28(40)21(15)26(38)22(18)25(16)37/h6-9,12,15,19,24,37-38,41,44H,10-11,13H2,1-5H3,(H2,33,42)(H,34,43)/t15?,19?,24-,32-/m0/s1. The van der Waals surface area contributed by atoms with Gasteiger partial charge in [0.15, 0.2) is 11.4 Å². The third kappa shape index (κ3) is 4.97. The van der Waals surface area contributed by atoms with Gasteiger partial charge in [0.05, 0.1) is 11.6 Å². The van der Waals surface area contributed by atoms with E-state index in [1.165, 1.54) is 4.90 Å². The van der Waals surface area contributed by atoms with E-state index in [0.29, 0.717) is 17.0 Å². The first kappa shape index (κ1) is 31.5. The molecule has 0 aliphatic heterocycles. The van der Waals surface area contributed by atoms with Crippen molar-refractivity contribution in [3.8, 4) is 11.5 Å². The van der Waals surface area contributed by atoms with Crippen molar-refractivity contribution in [3.63, 3.8) is 0 Å². The first-order valence-electron chi connectivity index (χ1n) is 14.3. The summed E-state index contributed by atoms with van der Waals surface area (Å²) in [4.78, 5) is 55.3. The number of carbonyl (C=O) groups is 4. The smallest absolute Gasteiger partial charge is 0.412 e. The molecule has 5 rings (SSSR count). The van der Waals surface area contributed by atoms with E-state index in [0.717, 1.165) is 5.56 Å². The van der Waals surface area contributed by atoms with Crippen molar-refractivity contribution in [2.24, 2.45) is 17.6 Å². The summed E-state index contributed by atoms with van der Waals surface area (Å²) in [6.45, 7) is 1.70. The van der Waals surface area contributed by atoms with Gasteiger partial charge in [0.2, 0.25) is 5.78 Å². The van der Waals surface area contributed by atoms with Crippen molar-refractivity contribution < 1.29 is 44.3 Å². The van der Waals surface area contributed by atoms with Gasteiger partial charge in [-0.25, -0.2) is 4.79 Å². The average Bonchev–Trinajstić information content (AvgIpc) is 2.95. The van der Waals surface area contributed by atoms with Gasteiger partial charge in [0.1, 0.15) is 28.6 Å². The van der Waals surface area contributed by atoms with Gasteiger partial charge in [-0.15, -0.1) is 0 Å². The van der Waals surface area contributed by atoms with Gasteiger partial charge in [-0.3, -0.25) is 19.3 Å². The summed E-state index contributed by atoms with van der Waals surface area (Å²) in [6.07, 6.45) is -0.665. The van der Waals surface area contributed by atoms with Gasteiger partial charge in [0, 0.05) is 43.4 Å². The SMILES string of the molecule is Cc1ccc(OC(=O)NCc2cc(N(C)C)c3c(c2O)C(O)=C2C(=O)[C@]4(O)C(O)=C(C(N)=O)C(=O)[C@@H](N(C)C)C4CC2C3)cc1. The highest BCUT2D eigenvalue weighted by molar-refractivity contribution is 6.24. The highest BCUT2D eigenvalue weighted by atomic mass is 16.6. The van der Waals surface area contributed by atoms with Crippen molar-refractivity contribution >= 4 is 35.0 Å². The number of phenols is 1. The number of amides is 2. The number of nitrogens with two attached hydrogens (primary N) is 1. The van der Waals surface area contributed by atoms with E-state index < -0.39 is 69.9 Å². The van der Waals surface area contributed by atoms with Gasteiger partial charge in [-0.05, 0) is 63.5 Å². The summed E-state index contributed by atoms with van der Waals surface area (Å²) in [6, 6.07) is 7.33. The second kappa shape index (κ2) is 11.2. The van der Waals surface area contributed by atoms with E-state index in [-0.39, 0.29) is 36.1 Å². The molecular formula is C32H36N4O9. The van der Waals surface area contributed by atoms with Crippen LogP contribution in [0.3, 0.4) is 0 Å². The second-order valence-corrected chi connectivity index (χ2v) is 12.2. The molecule has 0 spiro atoms. The Balaban J connectivity index is 1.57. The van der Waals surface area contributed by atoms with Gasteiger partial charge in [-0.1, -0.05) is 17.7 Å². The number of benzene rings is 2. The zero-order chi connectivity index (χ0) is 33.1. The number of aryl methyl sites for hydroxylation is 1. The second-order valence-electron chi connectivity index (χ2n) is 12.2. The minimum absolute atomic E-state index is 0.0203. The molecule has 0 aromatic heterocycles. The number of nitrogens with zero attached hydrogens (tertiary/aromatic N) is 2. The fourth-order valence-corrected chi connectivity index (χ4v) is 6.80. The number of Topliss-reactive ketones (excluding diaryl/α,β-unsaturated/α-hetero) is 2. The molecule has 0 heterocycles. The van der Waals surface area contributed by atoms with Gasteiger partial charge >= 0.3 is 6.09 Å². The van der Waals surface area contributed by atoms with Crippen molar-refractivity contribution in [1.82, 2.24) is 10.2 Å². The summed E-state index contributed by atoms with van der Waals surface area (Å²) in [5.74, 6) is -6.94. The van der Waals surface area contributed by atoms with Crippen molar-refractivity contribution in [2.75, 3.05) is 33.1 Å². The van der Waals surface area contributed by atoms with Gasteiger partial charge in [-0.2, -0.15) is 0 Å². The molecule has 0 bridgehead atoms. The minimum atomic E-state index is -2.73. The molecule has 1 saturated carbocycles. The summed E-state index contributed by atoms with van der Waals surface area (Å²) in [5, 5.41) is 48.4. The fraction of sp³-hybridized carbons (Fsp3) is 0.375. The van der Waals surface area contributed by atoms with Crippen LogP contribution in [-0.4, -0.2) is 88.7 Å². The van der Waals surface area contributed by atoms with Gasteiger partial charge < -0.3 is 41.1 Å². The molecule has 238 valence electrons. The van der Waals surface area contributed by atoms with Crippen LogP contribution in [0.2, 0.25) is 0 Å². The van der Waals surface area contributed by atoms with Gasteiger partial charge in [0.25, 0.3) is 5.91 Å². The Morgan fingerprint density at radius 2 is 1.73 bits per heavy atom. The molecule has 2 amide bonds. The van der Waals surface area contributed by atoms with Crippen LogP contribution < -0.4 is 20.7 Å². The minimum Gasteiger partial charge on any atom is -0.508 e. The number of aromatic hydroxyl groups is 1. The number of ether oxygens (including phenoxy) is 1. The lowest BCUT2D eigenvalue weighted by atomic mass is 9.57. The normalized spacial score (nSPS) is 24.2. The lowest BCUT2D eigenvalue weighted by Crippen LogP contribution is -2.65. The van der Waals surface area contributed by atoms with Crippen molar-refractivity contribution in [1.29, 1.82) is 0 Å². The predicted molar refractivity (Wildman–Crippen MR) is 163 cm³/mol. The van der Waals surface area contributed by atoms with Crippen LogP contribution in [0.25, 0.3) is 5.76 Å². The number of hydrogen-bond donors (Lipinski definition) is 6. The fourth-order valence-electron chi connectivity index (χ4n) is 6.80. The Morgan fingerprint density at radius 1 is 1.09 bits per heavy atom. The Labute approximate surface area is 259 Å². The van der Waals surface area contributed by atoms with Crippen LogP contribution in [0, 0.1) is 18.8 Å². The number of hydrogen-bond acceptors (Lipinski definition) is 11. The Morgan fingerprint density at radius 3 is 2.31 bits per heavy atom. The summed E-state index contributed by atoms with van der Waals surface area (Å²) in [5.41, 5.74) is 3.74. The van der Waals surface area contributed by atoms with Crippen molar-refractivity contribution in [2.45, 2.75) is 38.0 Å². The molecular weight excluding hydrogens is 584 g/mol. The van der Waals surface area contributed by atoms with Crippen molar-refractivity contribution in [3.05, 3.63) is 69.5 Å². The summed E-state index contributed by atoms with van der Waals surface area (Å²) in [7, 11) is 6.60. The molecule has 2 aromatic rings. The van der Waals surface area contributed by atoms with Crippen LogP contribution in [0.5, 0.6) is 11.5 Å². The lowest BCUT2D eigenvalue weighted by Gasteiger charge is -2.50. The van der Waals surface area contributed by atoms with E-state index in [4.69, 9.17) is 10.5 Å². The molecule has 7 N–H and O–H groups in total. The monoisotopic (exact) mass is 620 g/mol. The molecule has 45 heavy (non-hydrogen) atoms. The average molecular weight is 621 g/mol. The number of rotatable bonds is 6. The molecule has 13 heteroatoms. The molecule has 2 aromatic carbocycles. The molecule has 3 aliphatic rings. The highest BCUT2D eigenvalue weighted by Gasteiger charge is 2.64. The Kier molecular flexibility index (Phi) is 7.88. The first-order valence-corrected chi connectivity index (χ1v) is 14.3. The number of anilines is 1. The van der Waals surface area contributed by atoms with E-state index in [1.54, 1.807) is 63.4 Å². The lowest BCUT2D eigenvalue weighted by molar-refractivity contribution is -0.153. The van der Waals surface area contributed by atoms with E-state index >= 15 is 0 Å². The topological polar surface area (TPSA) is 203 Å². The van der Waals surface area contributed by atoms with E-state index in [1.807, 2.05) is 6.92 Å². The number of fused-ring (bicyclic) bond motifs is 3. The van der Waals surface area contributed by atoms with Crippen LogP contribution in [-0.2, 0) is 27.3 Å². The Bertz CT molecular complexity index is 1690. The number of aliphatic hydroxyl groups is 3. The highest BCUT2D eigenvalue weighted by Crippen LogP contribution is 2.54. The van der Waals surface area contributed by atoms with Crippen LogP contribution in [0.1, 0.15) is 28.7 Å².